The van der Waals surface area contributed by atoms with Gasteiger partial charge in [-0.2, -0.15) is 0 Å². The lowest BCUT2D eigenvalue weighted by atomic mass is 9.45. The Labute approximate surface area is 896 Å². The Morgan fingerprint density at radius 3 is 1.03 bits per heavy atom. The zero-order chi connectivity index (χ0) is 110. The first kappa shape index (κ1) is 123. The van der Waals surface area contributed by atoms with Crippen LogP contribution in [-0.4, -0.2) is 138 Å². The van der Waals surface area contributed by atoms with Crippen molar-refractivity contribution in [2.75, 3.05) is 0 Å². The van der Waals surface area contributed by atoms with Gasteiger partial charge in [0.2, 0.25) is 0 Å². The molecule has 22 heteroatoms. The normalized spacial score (nSPS) is 35.7. The highest BCUT2D eigenvalue weighted by molar-refractivity contribution is 5.82. The fraction of sp³-hybridized carbons (Fsp3) is 0.921. The summed E-state index contributed by atoms with van der Waals surface area (Å²) in [6, 6.07) is 0. The number of fused-ring (bicyclic) bond motifs is 2. The Morgan fingerprint density at radius 1 is 0.331 bits per heavy atom. The average molecular weight is 2080 g/mol. The molecule has 2 aliphatic heterocycles. The van der Waals surface area contributed by atoms with Crippen LogP contribution in [-0.2, 0) is 95.3 Å². The molecule has 0 aromatic heterocycles. The highest BCUT2D eigenvalue weighted by Gasteiger charge is 2.67. The van der Waals surface area contributed by atoms with Crippen LogP contribution in [0.1, 0.15) is 543 Å². The number of rotatable bonds is 27. The summed E-state index contributed by atoms with van der Waals surface area (Å²) >= 11 is 0. The highest BCUT2D eigenvalue weighted by atomic mass is 16.6. The zero-order valence-corrected chi connectivity index (χ0v) is 99.5. The molecule has 2 N–H and O–H groups in total. The first-order chi connectivity index (χ1) is 68.4. The molecule has 0 amide bonds. The van der Waals surface area contributed by atoms with Gasteiger partial charge < -0.3 is 57.6 Å². The maximum Gasteiger partial charge on any atom is 0.313 e. The van der Waals surface area contributed by atoms with Crippen molar-refractivity contribution in [3.05, 3.63) is 0 Å². The van der Waals surface area contributed by atoms with Crippen LogP contribution in [0.15, 0.2) is 0 Å². The van der Waals surface area contributed by atoms with Crippen molar-refractivity contribution in [1.82, 2.24) is 0 Å². The van der Waals surface area contributed by atoms with Crippen molar-refractivity contribution in [2.24, 2.45) is 125 Å². The third kappa shape index (κ3) is 27.0. The van der Waals surface area contributed by atoms with Gasteiger partial charge in [-0.15, -0.1) is 0 Å². The van der Waals surface area contributed by atoms with Crippen LogP contribution < -0.4 is 0 Å². The van der Waals surface area contributed by atoms with E-state index >= 15 is 0 Å². The standard InChI is InChI=1S/C20H34O2.C17H28O2.2C16H26O3.C15H24O4.C15H28O2.C14H22O4.C13H24O2/c1-6-18(3,4)17(21)22-19(5,7-2)20-11-14-8-15(12-20)10-16(9-14)13-20;1-5-16(2,3)15(18)19-17(4)13-7-11-6-12(9-13)10-14(17)8-11;2*1-4-14(2,3)13(17)19-16-8-11-5-12(9-16)7-15(18,6-11)10-16;1-5-14(3,4)13(17)19-15-9-7-6-8-11(15)18-12(16)10(15)2;1-7-14(5,6)12(16)17-15(13(2,3)4)10-8-9-11-15;1-4-13(2,3)12(16)18-14-8-6-5-7-10(14)17-11(15)9-14;1-5-12(3,4)11(14)15-13(6-2)9-7-8-10-13/h14-16H,6-13H2,1-5H3;11-14H,5-10H2,1-4H3;2*11-12,18H,4-10H2,1-3H3;10-11H,5-9H2,1-4H3;7-11H2,1-6H3;10H,4-9H2,1-3H3;5-10H2,1-4H3. The molecule has 22 aliphatic rings. The summed E-state index contributed by atoms with van der Waals surface area (Å²) in [4.78, 5) is 122. The van der Waals surface area contributed by atoms with E-state index in [0.29, 0.717) is 48.3 Å². The van der Waals surface area contributed by atoms with Crippen molar-refractivity contribution in [3.63, 3.8) is 0 Å². The van der Waals surface area contributed by atoms with Crippen molar-refractivity contribution in [3.8, 4) is 0 Å². The van der Waals surface area contributed by atoms with Crippen LogP contribution in [0.4, 0.5) is 0 Å². The molecule has 2 heterocycles. The van der Waals surface area contributed by atoms with Gasteiger partial charge in [0.15, 0.2) is 11.2 Å². The number of carbonyl (C=O) groups excluding carboxylic acids is 10. The van der Waals surface area contributed by atoms with E-state index in [0.717, 1.165) is 222 Å². The van der Waals surface area contributed by atoms with Crippen molar-refractivity contribution >= 4 is 59.7 Å². The molecule has 10 unspecified atom stereocenters. The van der Waals surface area contributed by atoms with Crippen LogP contribution in [0.2, 0.25) is 0 Å². The monoisotopic (exact) mass is 2080 g/mol. The Kier molecular flexibility index (Phi) is 38.2. The lowest BCUT2D eigenvalue weighted by Gasteiger charge is -2.62. The fourth-order valence-electron chi connectivity index (χ4n) is 30.0. The van der Waals surface area contributed by atoms with E-state index in [1.807, 2.05) is 159 Å². The second-order valence-corrected chi connectivity index (χ2v) is 58.5. The van der Waals surface area contributed by atoms with Crippen molar-refractivity contribution in [1.29, 1.82) is 0 Å². The average Bonchev–Trinajstić information content (AvgIpc) is 0.991. The second kappa shape index (κ2) is 46.0. The van der Waals surface area contributed by atoms with Crippen LogP contribution in [0.25, 0.3) is 0 Å². The van der Waals surface area contributed by atoms with Crippen molar-refractivity contribution < 1.29 is 106 Å². The zero-order valence-electron chi connectivity index (χ0n) is 99.5. The first-order valence-corrected chi connectivity index (χ1v) is 60.2. The SMILES string of the molecule is CCC(C)(C)C(=O)OC(C)(CC)C12CC3CC(CC(C3)C1)C2.CCC(C)(C)C(=O)OC1(C(C)(C)C)CCCC1.CCC(C)(C)C(=O)OC1(C)C2CC3CC(C2)CC1C3.CCC(C)(C)C(=O)OC12CC3CC(CC(O)(C3)C1)C2.CCC(C)(C)C(=O)OC12CC3CC(CC(O)(C3)C1)C2.CCC(C)(C)C(=O)OC12CCCCC1OC(=O)C2.CCC(C)(C)C(=O)OC12CCCCC1OC(=O)C2C.CCC1(OC(=O)C(C)(C)CC)CCCC1. The molecule has 22 fully saturated rings. The number of hydrogen-bond acceptors (Lipinski definition) is 22. The van der Waals surface area contributed by atoms with E-state index in [9.17, 15) is 58.2 Å². The maximum atomic E-state index is 12.7. The lowest BCUT2D eigenvalue weighted by molar-refractivity contribution is -0.226. The molecule has 0 aromatic carbocycles. The summed E-state index contributed by atoms with van der Waals surface area (Å²) in [6.45, 7) is 64.6. The minimum Gasteiger partial charge on any atom is -0.459 e. The molecule has 20 saturated carbocycles. The molecule has 20 aliphatic carbocycles. The molecule has 0 spiro atoms. The lowest BCUT2D eigenvalue weighted by Crippen LogP contribution is -2.61. The van der Waals surface area contributed by atoms with Gasteiger partial charge in [0.1, 0.15) is 45.8 Å². The van der Waals surface area contributed by atoms with Crippen LogP contribution in [0, 0.1) is 125 Å². The van der Waals surface area contributed by atoms with Gasteiger partial charge in [-0.1, -0.05) is 90.0 Å². The topological polar surface area (TPSA) is 303 Å². The van der Waals surface area contributed by atoms with Crippen LogP contribution in [0.3, 0.4) is 0 Å². The predicted octanol–water partition coefficient (Wildman–Crippen LogP) is 29.1. The van der Waals surface area contributed by atoms with Gasteiger partial charge in [0, 0.05) is 23.7 Å². The molecular formula is C126H212O22. The molecule has 22 rings (SSSR count). The minimum absolute atomic E-state index is 0.00935. The third-order valence-corrected chi connectivity index (χ3v) is 43.2. The largest absolute Gasteiger partial charge is 0.459 e. The summed E-state index contributed by atoms with van der Waals surface area (Å²) in [5, 5.41) is 21.3. The van der Waals surface area contributed by atoms with Gasteiger partial charge in [0.25, 0.3) is 0 Å². The van der Waals surface area contributed by atoms with Crippen molar-refractivity contribution in [2.45, 2.75) is 611 Å². The number of hydrogen-bond donors (Lipinski definition) is 2. The number of ether oxygens (including phenoxy) is 10. The summed E-state index contributed by atoms with van der Waals surface area (Å²) in [5.41, 5.74) is -6.98. The van der Waals surface area contributed by atoms with E-state index in [1.165, 1.54) is 109 Å². The van der Waals surface area contributed by atoms with E-state index in [1.54, 1.807) is 0 Å². The second-order valence-electron chi connectivity index (χ2n) is 58.5. The van der Waals surface area contributed by atoms with Crippen LogP contribution in [0.5, 0.6) is 0 Å². The predicted molar refractivity (Wildman–Crippen MR) is 579 cm³/mol. The Bertz CT molecular complexity index is 4400. The Morgan fingerprint density at radius 2 is 0.655 bits per heavy atom. The maximum absolute atomic E-state index is 12.7. The molecule has 22 nitrogen and oxygen atoms in total. The molecular weight excluding hydrogens is 1870 g/mol. The van der Waals surface area contributed by atoms with E-state index in [2.05, 4.69) is 62.3 Å². The Hall–Kier alpha value is -5.38. The van der Waals surface area contributed by atoms with Crippen LogP contribution >= 0.6 is 0 Å². The molecule has 848 valence electrons. The summed E-state index contributed by atoms with van der Waals surface area (Å²) < 4.78 is 58.4. The molecule has 2 saturated heterocycles. The quantitative estimate of drug-likeness (QED) is 0.0570. The summed E-state index contributed by atoms with van der Waals surface area (Å²) in [5.74, 6) is 6.60. The molecule has 10 atom stereocenters. The minimum atomic E-state index is -0.723. The summed E-state index contributed by atoms with van der Waals surface area (Å²) in [6.07, 6.45) is 50.2. The molecule has 148 heavy (non-hydrogen) atoms. The Balaban J connectivity index is 0.000000161. The smallest absolute Gasteiger partial charge is 0.313 e. The van der Waals surface area contributed by atoms with E-state index in [4.69, 9.17) is 47.4 Å². The third-order valence-electron chi connectivity index (χ3n) is 43.2. The first-order valence-electron chi connectivity index (χ1n) is 60.2. The van der Waals surface area contributed by atoms with Gasteiger partial charge in [-0.05, 0) is 498 Å². The highest BCUT2D eigenvalue weighted by Crippen LogP contribution is 2.67. The molecule has 16 bridgehead atoms. The fourth-order valence-corrected chi connectivity index (χ4v) is 30.0. The molecule has 0 aromatic rings. The number of carbonyl (C=O) groups is 10. The van der Waals surface area contributed by atoms with Gasteiger partial charge in [-0.25, -0.2) is 0 Å². The van der Waals surface area contributed by atoms with Gasteiger partial charge in [-0.3, -0.25) is 47.9 Å². The number of aliphatic hydroxyl groups is 2. The molecule has 0 radical (unpaired) electrons. The number of esters is 10. The van der Waals surface area contributed by atoms with Gasteiger partial charge in [0.05, 0.1) is 66.9 Å². The van der Waals surface area contributed by atoms with Gasteiger partial charge >= 0.3 is 59.7 Å². The summed E-state index contributed by atoms with van der Waals surface area (Å²) in [7, 11) is 0. The van der Waals surface area contributed by atoms with E-state index in [-0.39, 0.29) is 150 Å². The van der Waals surface area contributed by atoms with E-state index < -0.39 is 44.1 Å².